The Morgan fingerprint density at radius 1 is 1.50 bits per heavy atom. The van der Waals surface area contributed by atoms with E-state index in [2.05, 4.69) is 6.58 Å². The van der Waals surface area contributed by atoms with Gasteiger partial charge in [-0.1, -0.05) is 12.6 Å². The van der Waals surface area contributed by atoms with Crippen LogP contribution in [0.25, 0.3) is 0 Å². The predicted molar refractivity (Wildman–Crippen MR) is 51.6 cm³/mol. The van der Waals surface area contributed by atoms with E-state index in [0.29, 0.717) is 0 Å². The van der Waals surface area contributed by atoms with Gasteiger partial charge in [0.25, 0.3) is 6.69 Å². The standard InChI is InChI=1S/C4H6BCl3NSi/c1-2-9(10(7)8)4-3-5-6/h2-4,10H,1H2. The minimum absolute atomic E-state index is 1.38. The zero-order valence-corrected chi connectivity index (χ0v) is 8.60. The molecule has 0 fully saturated rings. The van der Waals surface area contributed by atoms with E-state index < -0.39 is 7.58 Å². The largest absolute Gasteiger partial charge is 0.360 e. The zero-order valence-electron chi connectivity index (χ0n) is 5.17. The van der Waals surface area contributed by atoms with Crippen LogP contribution in [0.2, 0.25) is 0 Å². The van der Waals surface area contributed by atoms with Crippen LogP contribution in [-0.4, -0.2) is 18.8 Å². The van der Waals surface area contributed by atoms with Crippen LogP contribution in [0.4, 0.5) is 0 Å². The molecular formula is C4H6BCl3NSi. The number of hydrogen-bond acceptors (Lipinski definition) is 1. The molecular weight excluding hydrogens is 207 g/mol. The molecule has 0 aliphatic heterocycles. The molecule has 10 heavy (non-hydrogen) atoms. The molecule has 0 saturated carbocycles. The minimum atomic E-state index is -1.82. The van der Waals surface area contributed by atoms with Crippen LogP contribution in [-0.2, 0) is 0 Å². The lowest BCUT2D eigenvalue weighted by atomic mass is 10.1. The second kappa shape index (κ2) is 6.16. The molecule has 0 saturated heterocycles. The molecule has 0 aromatic rings. The van der Waals surface area contributed by atoms with Crippen LogP contribution in [0.5, 0.6) is 0 Å². The van der Waals surface area contributed by atoms with Gasteiger partial charge in [-0.15, -0.1) is 22.2 Å². The Morgan fingerprint density at radius 2 is 2.10 bits per heavy atom. The summed E-state index contributed by atoms with van der Waals surface area (Å²) in [7, 11) is -1.82. The van der Waals surface area contributed by atoms with Crippen molar-refractivity contribution in [2.24, 2.45) is 0 Å². The second-order valence-corrected chi connectivity index (χ2v) is 5.93. The van der Waals surface area contributed by atoms with Crippen LogP contribution in [0.15, 0.2) is 25.0 Å². The number of halogens is 3. The summed E-state index contributed by atoms with van der Waals surface area (Å²) in [6.07, 6.45) is 3.24. The summed E-state index contributed by atoms with van der Waals surface area (Å²) >= 11 is 16.5. The van der Waals surface area contributed by atoms with Gasteiger partial charge in [-0.2, -0.15) is 11.5 Å². The molecule has 1 nitrogen and oxygen atoms in total. The van der Waals surface area contributed by atoms with Crippen LogP contribution in [0.3, 0.4) is 0 Å². The van der Waals surface area contributed by atoms with Gasteiger partial charge >= 0.3 is 7.58 Å². The van der Waals surface area contributed by atoms with Crippen LogP contribution < -0.4 is 0 Å². The Labute approximate surface area is 77.5 Å². The van der Waals surface area contributed by atoms with Gasteiger partial charge in [0.1, 0.15) is 0 Å². The Bertz CT molecular complexity index is 130. The SMILES string of the molecule is C=CN(C=C[B]Cl)[SiH](Cl)Cl. The van der Waals surface area contributed by atoms with Crippen molar-refractivity contribution in [1.82, 2.24) is 4.57 Å². The van der Waals surface area contributed by atoms with E-state index in [-0.39, 0.29) is 0 Å². The predicted octanol–water partition coefficient (Wildman–Crippen LogP) is 1.96. The lowest BCUT2D eigenvalue weighted by Gasteiger charge is -2.13. The third-order valence-electron chi connectivity index (χ3n) is 0.767. The van der Waals surface area contributed by atoms with E-state index in [4.69, 9.17) is 33.6 Å². The van der Waals surface area contributed by atoms with Gasteiger partial charge in [-0.05, 0) is 12.4 Å². The van der Waals surface area contributed by atoms with E-state index in [1.807, 2.05) is 0 Å². The summed E-state index contributed by atoms with van der Waals surface area (Å²) in [5.41, 5.74) is 0. The quantitative estimate of drug-likeness (QED) is 0.510. The molecule has 0 heterocycles. The molecule has 0 atom stereocenters. The Kier molecular flexibility index (Phi) is 6.43. The van der Waals surface area contributed by atoms with Crippen molar-refractivity contribution >= 4 is 47.9 Å². The van der Waals surface area contributed by atoms with Gasteiger partial charge in [-0.3, -0.25) is 0 Å². The first kappa shape index (κ1) is 10.4. The van der Waals surface area contributed by atoms with Crippen molar-refractivity contribution in [1.29, 1.82) is 0 Å². The van der Waals surface area contributed by atoms with Gasteiger partial charge in [0.15, 0.2) is 0 Å². The monoisotopic (exact) mass is 212 g/mol. The summed E-state index contributed by atoms with van der Waals surface area (Å²) in [5, 5.41) is 0. The molecule has 0 aromatic heterocycles. The fourth-order valence-electron chi connectivity index (χ4n) is 0.338. The average molecular weight is 213 g/mol. The molecule has 0 rings (SSSR count). The van der Waals surface area contributed by atoms with Gasteiger partial charge < -0.3 is 4.57 Å². The van der Waals surface area contributed by atoms with Crippen LogP contribution >= 0.6 is 33.6 Å². The Balaban J connectivity index is 3.82. The molecule has 0 aliphatic carbocycles. The summed E-state index contributed by atoms with van der Waals surface area (Å²) in [6, 6.07) is 0. The number of nitrogens with zero attached hydrogens (tertiary/aromatic N) is 1. The highest BCUT2D eigenvalue weighted by Crippen LogP contribution is 2.04. The van der Waals surface area contributed by atoms with Crippen molar-refractivity contribution in [3.05, 3.63) is 25.0 Å². The molecule has 0 aliphatic rings. The van der Waals surface area contributed by atoms with Gasteiger partial charge in [0.05, 0.1) is 0 Å². The maximum Gasteiger partial charge on any atom is 0.340 e. The molecule has 0 unspecified atom stereocenters. The molecule has 0 bridgehead atoms. The fourth-order valence-corrected chi connectivity index (χ4v) is 1.66. The van der Waals surface area contributed by atoms with E-state index >= 15 is 0 Å². The lowest BCUT2D eigenvalue weighted by Crippen LogP contribution is -2.18. The maximum absolute atomic E-state index is 5.63. The molecule has 0 spiro atoms. The topological polar surface area (TPSA) is 3.24 Å². The third kappa shape index (κ3) is 4.28. The third-order valence-corrected chi connectivity index (χ3v) is 3.10. The highest BCUT2D eigenvalue weighted by Gasteiger charge is 2.05. The van der Waals surface area contributed by atoms with Crippen molar-refractivity contribution < 1.29 is 0 Å². The summed E-state index contributed by atoms with van der Waals surface area (Å²) in [5.74, 6) is 1.63. The summed E-state index contributed by atoms with van der Waals surface area (Å²) in [6.45, 7) is 4.89. The van der Waals surface area contributed by atoms with Gasteiger partial charge in [0.2, 0.25) is 0 Å². The van der Waals surface area contributed by atoms with Crippen LogP contribution in [0, 0.1) is 0 Å². The fraction of sp³-hybridized carbons (Fsp3) is 0. The normalized spacial score (nSPS) is 10.4. The number of rotatable bonds is 4. The number of hydrogen-bond donors (Lipinski definition) is 0. The highest BCUT2D eigenvalue weighted by atomic mass is 35.7. The van der Waals surface area contributed by atoms with Crippen molar-refractivity contribution in [2.75, 3.05) is 0 Å². The summed E-state index contributed by atoms with van der Waals surface area (Å²) < 4.78 is 1.64. The first-order valence-corrected chi connectivity index (χ1v) is 6.95. The first-order chi connectivity index (χ1) is 4.72. The van der Waals surface area contributed by atoms with E-state index in [1.165, 1.54) is 6.69 Å². The van der Waals surface area contributed by atoms with Crippen molar-refractivity contribution in [2.45, 2.75) is 0 Å². The lowest BCUT2D eigenvalue weighted by molar-refractivity contribution is 0.820. The van der Waals surface area contributed by atoms with E-state index in [1.54, 1.807) is 22.9 Å². The Hall–Kier alpha value is 0.432. The van der Waals surface area contributed by atoms with E-state index in [0.717, 1.165) is 0 Å². The van der Waals surface area contributed by atoms with E-state index in [9.17, 15) is 0 Å². The molecule has 6 heteroatoms. The van der Waals surface area contributed by atoms with Crippen molar-refractivity contribution in [3.8, 4) is 0 Å². The summed E-state index contributed by atoms with van der Waals surface area (Å²) in [4.78, 5) is 0. The first-order valence-electron chi connectivity index (χ1n) is 2.50. The molecule has 0 N–H and O–H groups in total. The second-order valence-electron chi connectivity index (χ2n) is 1.37. The van der Waals surface area contributed by atoms with Crippen molar-refractivity contribution in [3.63, 3.8) is 0 Å². The minimum Gasteiger partial charge on any atom is -0.360 e. The Morgan fingerprint density at radius 3 is 2.40 bits per heavy atom. The molecule has 55 valence electrons. The van der Waals surface area contributed by atoms with Gasteiger partial charge in [-0.25, -0.2) is 0 Å². The van der Waals surface area contributed by atoms with Gasteiger partial charge in [0, 0.05) is 0 Å². The maximum atomic E-state index is 5.63. The highest BCUT2D eigenvalue weighted by molar-refractivity contribution is 7.32. The average Bonchev–Trinajstić information content (AvgIpc) is 1.89. The molecule has 0 amide bonds. The molecule has 1 radical (unpaired) electrons. The van der Waals surface area contributed by atoms with Crippen LogP contribution in [0.1, 0.15) is 0 Å². The molecule has 0 aromatic carbocycles. The smallest absolute Gasteiger partial charge is 0.340 e. The zero-order chi connectivity index (χ0) is 7.98.